The number of hydrogen-bond acceptors (Lipinski definition) is 3. The van der Waals surface area contributed by atoms with Gasteiger partial charge in [-0.1, -0.05) is 0 Å². The quantitative estimate of drug-likeness (QED) is 0.386. The Hall–Kier alpha value is -1.04. The van der Waals surface area contributed by atoms with Crippen LogP contribution in [0.4, 0.5) is 0 Å². The Bertz CT molecular complexity index is 907. The molecule has 0 fully saturated rings. The predicted molar refractivity (Wildman–Crippen MR) is 99.6 cm³/mol. The van der Waals surface area contributed by atoms with Crippen LogP contribution in [0.15, 0.2) is 39.7 Å². The van der Waals surface area contributed by atoms with E-state index in [0.29, 0.717) is 22.3 Å². The van der Waals surface area contributed by atoms with E-state index < -0.39 is 5.97 Å². The number of carbonyl (C=O) groups is 1. The molecular formula is C16H11BrCl2N2O2Se. The molecule has 0 aliphatic rings. The van der Waals surface area contributed by atoms with Crippen LogP contribution in [-0.4, -0.2) is 36.9 Å². The topological polar surface area (TPSA) is 44.1 Å². The summed E-state index contributed by atoms with van der Waals surface area (Å²) in [6.07, 6.45) is 0. The minimum atomic E-state index is -0.458. The molecule has 24 heavy (non-hydrogen) atoms. The van der Waals surface area contributed by atoms with Crippen LogP contribution in [-0.2, 0) is 4.74 Å². The molecule has 8 heteroatoms. The zero-order chi connectivity index (χ0) is 17.3. The fraction of sp³-hybridized carbons (Fsp3) is 0.125. The van der Waals surface area contributed by atoms with Gasteiger partial charge in [0.15, 0.2) is 0 Å². The van der Waals surface area contributed by atoms with Gasteiger partial charge in [-0.3, -0.25) is 0 Å². The Morgan fingerprint density at radius 3 is 2.71 bits per heavy atom. The van der Waals surface area contributed by atoms with Crippen LogP contribution < -0.4 is 0 Å². The van der Waals surface area contributed by atoms with Gasteiger partial charge >= 0.3 is 164 Å². The van der Waals surface area contributed by atoms with Gasteiger partial charge in [0.1, 0.15) is 0 Å². The summed E-state index contributed by atoms with van der Waals surface area (Å²) in [4.78, 5) is 12.1. The zero-order valence-corrected chi connectivity index (χ0v) is 17.2. The maximum atomic E-state index is 12.1. The first-order chi connectivity index (χ1) is 11.5. The number of hydrogen-bond donors (Lipinski definition) is 0. The Morgan fingerprint density at radius 1 is 1.29 bits per heavy atom. The van der Waals surface area contributed by atoms with Gasteiger partial charge in [0.2, 0.25) is 0 Å². The molecule has 124 valence electrons. The van der Waals surface area contributed by atoms with E-state index in [1.165, 1.54) is 0 Å². The molecule has 4 nitrogen and oxygen atoms in total. The van der Waals surface area contributed by atoms with E-state index in [2.05, 4.69) is 21.0 Å². The maximum absolute atomic E-state index is 12.1. The number of esters is 1. The van der Waals surface area contributed by atoms with Gasteiger partial charge < -0.3 is 0 Å². The molecule has 3 rings (SSSR count). The molecule has 0 atom stereocenters. The normalized spacial score (nSPS) is 10.8. The Labute approximate surface area is 163 Å². The summed E-state index contributed by atoms with van der Waals surface area (Å²) in [6, 6.07) is 10.9. The second kappa shape index (κ2) is 7.46. The molecule has 0 unspecified atom stereocenters. The number of benzene rings is 1. The summed E-state index contributed by atoms with van der Waals surface area (Å²) in [6.45, 7) is 2.05. The third-order valence-corrected chi connectivity index (χ3v) is 6.68. The van der Waals surface area contributed by atoms with E-state index in [1.54, 1.807) is 35.9 Å². The second-order valence-corrected chi connectivity index (χ2v) is 9.90. The summed E-state index contributed by atoms with van der Waals surface area (Å²) in [5.74, 6) is -0.458. The molecule has 0 aliphatic heterocycles. The average Bonchev–Trinajstić information content (AvgIpc) is 3.14. The van der Waals surface area contributed by atoms with Crippen molar-refractivity contribution in [2.24, 2.45) is 0 Å². The standard InChI is InChI=1S/C16H11BrCl2N2O2Se/c1-2-23-16(22)11-8-13(14-5-6-15(17)24-14)21(20-11)12-4-3-9(18)7-10(12)19/h3-8H,2H2,1H3. The number of aromatic nitrogens is 2. The van der Waals surface area contributed by atoms with E-state index in [-0.39, 0.29) is 20.2 Å². The molecule has 3 aromatic rings. The fourth-order valence-corrected chi connectivity index (χ4v) is 5.21. The number of halogens is 3. The van der Waals surface area contributed by atoms with Crippen LogP contribution in [0.5, 0.6) is 0 Å². The van der Waals surface area contributed by atoms with E-state index in [4.69, 9.17) is 27.9 Å². The van der Waals surface area contributed by atoms with E-state index in [9.17, 15) is 4.79 Å². The third-order valence-electron chi connectivity index (χ3n) is 3.16. The fourth-order valence-electron chi connectivity index (χ4n) is 2.15. The monoisotopic (exact) mass is 492 g/mol. The first-order valence-electron chi connectivity index (χ1n) is 6.98. The Morgan fingerprint density at radius 2 is 2.08 bits per heavy atom. The van der Waals surface area contributed by atoms with Gasteiger partial charge in [0.25, 0.3) is 0 Å². The summed E-state index contributed by atoms with van der Waals surface area (Å²) in [5, 5.41) is 5.40. The molecule has 0 radical (unpaired) electrons. The molecule has 0 amide bonds. The van der Waals surface area contributed by atoms with Gasteiger partial charge in [-0.15, -0.1) is 0 Å². The summed E-state index contributed by atoms with van der Waals surface area (Å²) in [5.41, 5.74) is 1.72. The van der Waals surface area contributed by atoms with Gasteiger partial charge in [-0.05, 0) is 0 Å². The zero-order valence-electron chi connectivity index (χ0n) is 12.4. The molecule has 2 aromatic heterocycles. The molecule has 0 aliphatic carbocycles. The molecule has 0 bridgehead atoms. The molecule has 0 saturated carbocycles. The minimum absolute atomic E-state index is 0.114. The van der Waals surface area contributed by atoms with Crippen LogP contribution in [0.25, 0.3) is 15.8 Å². The van der Waals surface area contributed by atoms with Crippen molar-refractivity contribution in [2.45, 2.75) is 6.92 Å². The average molecular weight is 493 g/mol. The van der Waals surface area contributed by atoms with E-state index in [0.717, 1.165) is 13.5 Å². The van der Waals surface area contributed by atoms with E-state index in [1.807, 2.05) is 12.1 Å². The molecule has 0 saturated heterocycles. The molecule has 0 spiro atoms. The first kappa shape index (κ1) is 17.8. The van der Waals surface area contributed by atoms with Crippen molar-refractivity contribution in [3.05, 3.63) is 55.5 Å². The summed E-state index contributed by atoms with van der Waals surface area (Å²) in [7, 11) is 0. The molecule has 0 N–H and O–H groups in total. The number of ether oxygens (including phenoxy) is 1. The van der Waals surface area contributed by atoms with Gasteiger partial charge in [-0.25, -0.2) is 0 Å². The van der Waals surface area contributed by atoms with E-state index >= 15 is 0 Å². The van der Waals surface area contributed by atoms with Crippen LogP contribution >= 0.6 is 39.1 Å². The predicted octanol–water partition coefficient (Wildman–Crippen LogP) is 4.84. The van der Waals surface area contributed by atoms with Crippen molar-refractivity contribution in [1.29, 1.82) is 0 Å². The van der Waals surface area contributed by atoms with Gasteiger partial charge in [-0.2, -0.15) is 0 Å². The van der Waals surface area contributed by atoms with Crippen LogP contribution in [0.2, 0.25) is 10.0 Å². The van der Waals surface area contributed by atoms with Crippen molar-refractivity contribution in [1.82, 2.24) is 9.78 Å². The van der Waals surface area contributed by atoms with Crippen LogP contribution in [0.3, 0.4) is 0 Å². The van der Waals surface area contributed by atoms with Crippen molar-refractivity contribution < 1.29 is 9.53 Å². The van der Waals surface area contributed by atoms with Crippen molar-refractivity contribution in [3.63, 3.8) is 0 Å². The molecule has 1 aromatic carbocycles. The molecule has 2 heterocycles. The third kappa shape index (κ3) is 3.63. The SMILES string of the molecule is CCOC(=O)c1cc(-c2ccc(Br)[se]2)n(-c2ccc(Cl)cc2Cl)n1. The first-order valence-corrected chi connectivity index (χ1v) is 10.2. The number of carbonyl (C=O) groups excluding carboxylic acids is 1. The Kier molecular flexibility index (Phi) is 5.52. The van der Waals surface area contributed by atoms with Crippen LogP contribution in [0, 0.1) is 0 Å². The Balaban J connectivity index is 2.17. The number of rotatable bonds is 4. The van der Waals surface area contributed by atoms with Gasteiger partial charge in [0.05, 0.1) is 0 Å². The van der Waals surface area contributed by atoms with Crippen LogP contribution in [0.1, 0.15) is 17.4 Å². The molecular weight excluding hydrogens is 482 g/mol. The van der Waals surface area contributed by atoms with Gasteiger partial charge in [0, 0.05) is 0 Å². The summed E-state index contributed by atoms with van der Waals surface area (Å²) >= 11 is 15.9. The van der Waals surface area contributed by atoms with Crippen molar-refractivity contribution in [3.8, 4) is 15.8 Å². The second-order valence-electron chi connectivity index (χ2n) is 4.75. The van der Waals surface area contributed by atoms with Crippen molar-refractivity contribution in [2.75, 3.05) is 6.61 Å². The van der Waals surface area contributed by atoms with Crippen molar-refractivity contribution >= 4 is 59.6 Å². The summed E-state index contributed by atoms with van der Waals surface area (Å²) < 4.78 is 8.93. The number of nitrogens with zero attached hydrogens (tertiary/aromatic N) is 2.